The maximum Gasteiger partial charge on any atom is 0.329 e. The lowest BCUT2D eigenvalue weighted by atomic mass is 9.71. The number of imidazole rings is 1. The Morgan fingerprint density at radius 3 is 2.56 bits per heavy atom. The molecule has 1 aromatic carbocycles. The Balaban J connectivity index is 0.651. The van der Waals surface area contributed by atoms with Crippen molar-refractivity contribution in [2.75, 3.05) is 56.1 Å². The molecule has 4 amide bonds. The van der Waals surface area contributed by atoms with Gasteiger partial charge < -0.3 is 24.8 Å². The fraction of sp³-hybridized carbons (Fsp3) is 0.565. The van der Waals surface area contributed by atoms with E-state index in [1.165, 1.54) is 26.2 Å². The average Bonchev–Trinajstić information content (AvgIpc) is 4.16. The molecule has 20 heteroatoms. The predicted octanol–water partition coefficient (Wildman–Crippen LogP) is 4.01. The van der Waals surface area contributed by atoms with Gasteiger partial charge in [0, 0.05) is 56.8 Å². The molecule has 5 aliphatic heterocycles. The second kappa shape index (κ2) is 16.7. The summed E-state index contributed by atoms with van der Waals surface area (Å²) >= 11 is 0. The van der Waals surface area contributed by atoms with Crippen LogP contribution in [0, 0.1) is 11.3 Å². The lowest BCUT2D eigenvalue weighted by Gasteiger charge is -2.55. The average molecular weight is 909 g/mol. The van der Waals surface area contributed by atoms with Crippen molar-refractivity contribution in [3.05, 3.63) is 70.2 Å². The Hall–Kier alpha value is -6.02. The minimum absolute atomic E-state index is 0.0559. The largest absolute Gasteiger partial charge is 0.374 e. The number of imide groups is 1. The lowest BCUT2D eigenvalue weighted by molar-refractivity contribution is -0.152. The van der Waals surface area contributed by atoms with Gasteiger partial charge in [0.05, 0.1) is 47.7 Å². The van der Waals surface area contributed by atoms with E-state index < -0.39 is 30.0 Å². The van der Waals surface area contributed by atoms with Gasteiger partial charge in [0.15, 0.2) is 11.3 Å². The van der Waals surface area contributed by atoms with E-state index in [4.69, 9.17) is 9.72 Å². The van der Waals surface area contributed by atoms with Crippen LogP contribution < -0.4 is 21.2 Å². The van der Waals surface area contributed by atoms with E-state index in [0.717, 1.165) is 82.5 Å². The summed E-state index contributed by atoms with van der Waals surface area (Å²) in [5.74, 6) is -0.585. The molecule has 1 saturated carbocycles. The number of hydrogen-bond donors (Lipinski definition) is 2. The van der Waals surface area contributed by atoms with Gasteiger partial charge in [-0.25, -0.2) is 23.1 Å². The Kier molecular flexibility index (Phi) is 10.8. The number of para-hydroxylation sites is 1. The second-order valence-electron chi connectivity index (χ2n) is 19.4. The Labute approximate surface area is 378 Å². The monoisotopic (exact) mass is 908 g/mol. The van der Waals surface area contributed by atoms with Crippen molar-refractivity contribution in [1.29, 1.82) is 0 Å². The third-order valence-electron chi connectivity index (χ3n) is 15.3. The quantitative estimate of drug-likeness (QED) is 0.183. The molecule has 1 spiro atoms. The normalized spacial score (nSPS) is 25.4. The number of fused-ring (bicyclic) bond motifs is 4. The second-order valence-corrected chi connectivity index (χ2v) is 19.4. The number of aryl methyl sites for hydroxylation is 2. The molecule has 18 nitrogen and oxygen atoms in total. The van der Waals surface area contributed by atoms with Crippen LogP contribution in [0.5, 0.6) is 0 Å². The van der Waals surface area contributed by atoms with Crippen molar-refractivity contribution in [3.8, 4) is 0 Å². The number of halogens is 2. The van der Waals surface area contributed by atoms with Crippen LogP contribution in [-0.4, -0.2) is 125 Å². The maximum atomic E-state index is 14.3. The van der Waals surface area contributed by atoms with Crippen molar-refractivity contribution in [2.24, 2.45) is 18.4 Å². The van der Waals surface area contributed by atoms with Gasteiger partial charge in [-0.1, -0.05) is 12.1 Å². The van der Waals surface area contributed by atoms with Gasteiger partial charge in [0.25, 0.3) is 12.3 Å². The Morgan fingerprint density at radius 1 is 1.03 bits per heavy atom. The molecule has 11 rings (SSSR count). The highest BCUT2D eigenvalue weighted by atomic mass is 19.3. The number of anilines is 2. The first-order valence-electron chi connectivity index (χ1n) is 23.4. The molecule has 6 fully saturated rings. The van der Waals surface area contributed by atoms with E-state index in [2.05, 4.69) is 30.6 Å². The highest BCUT2D eigenvalue weighted by Gasteiger charge is 2.48. The number of piperidine rings is 2. The van der Waals surface area contributed by atoms with Gasteiger partial charge in [-0.3, -0.25) is 38.3 Å². The third-order valence-corrected chi connectivity index (χ3v) is 15.3. The fourth-order valence-electron chi connectivity index (χ4n) is 11.7. The van der Waals surface area contributed by atoms with Crippen molar-refractivity contribution in [1.82, 2.24) is 48.6 Å². The summed E-state index contributed by atoms with van der Waals surface area (Å²) in [6.45, 7) is 5.71. The number of nitrogens with zero attached hydrogens (tertiary/aromatic N) is 10. The molecular weight excluding hydrogens is 855 g/mol. The highest BCUT2D eigenvalue weighted by molar-refractivity contribution is 6.08. The van der Waals surface area contributed by atoms with Gasteiger partial charge >= 0.3 is 5.69 Å². The van der Waals surface area contributed by atoms with Crippen LogP contribution >= 0.6 is 0 Å². The van der Waals surface area contributed by atoms with Crippen LogP contribution in [0.25, 0.3) is 16.7 Å². The van der Waals surface area contributed by atoms with Gasteiger partial charge in [0.2, 0.25) is 17.7 Å². The zero-order valence-corrected chi connectivity index (χ0v) is 36.9. The summed E-state index contributed by atoms with van der Waals surface area (Å²) in [5.41, 5.74) is 2.40. The van der Waals surface area contributed by atoms with Crippen LogP contribution in [0.3, 0.4) is 0 Å². The predicted molar refractivity (Wildman–Crippen MR) is 236 cm³/mol. The van der Waals surface area contributed by atoms with Crippen LogP contribution in [-0.2, 0) is 32.6 Å². The van der Waals surface area contributed by atoms with Gasteiger partial charge in [0.1, 0.15) is 17.4 Å². The summed E-state index contributed by atoms with van der Waals surface area (Å²) in [4.78, 5) is 76.4. The number of benzene rings is 1. The molecule has 5 saturated heterocycles. The summed E-state index contributed by atoms with van der Waals surface area (Å²) in [5, 5.41) is 13.6. The fourth-order valence-corrected chi connectivity index (χ4v) is 11.7. The highest BCUT2D eigenvalue weighted by Crippen LogP contribution is 2.43. The Bertz CT molecular complexity index is 2790. The van der Waals surface area contributed by atoms with Gasteiger partial charge in [-0.2, -0.15) is 10.2 Å². The maximum absolute atomic E-state index is 14.3. The van der Waals surface area contributed by atoms with Crippen LogP contribution in [0.15, 0.2) is 47.7 Å². The smallest absolute Gasteiger partial charge is 0.329 e. The standard InChI is InChI=1S/C46H54F2N12O6/c1-54-39-27(4-2-6-34(39)60(45(54)65)35-11-12-37(61)52-43(35)63)5-3-16-55-18-14-46(15-19-55)25-56(26-46)44(64)28-7-9-29(10-8-28)59-23-33(38(53-59)40(47)48)50-42(62)32-21-49-58-17-13-36(51-41(32)58)57-22-31-20-30(57)24-66-31/h2,4,6,13,17,21,23,28-31,35,40H,3,5,7-12,14-16,18-20,22,24-26H2,1H3,(H,50,62)(H,52,61,63)/t28?,29?,30-,31-,35?/m1/s1. The number of aromatic nitrogens is 7. The molecule has 4 aromatic heterocycles. The molecular formula is C46H54F2N12O6. The van der Waals surface area contributed by atoms with E-state index >= 15 is 0 Å². The molecule has 1 unspecified atom stereocenters. The van der Waals surface area contributed by atoms with Crippen molar-refractivity contribution >= 4 is 51.8 Å². The van der Waals surface area contributed by atoms with Gasteiger partial charge in [-0.05, 0) is 102 Å². The third kappa shape index (κ3) is 7.54. The molecule has 6 aliphatic rings. The number of likely N-dealkylation sites (tertiary alicyclic amines) is 2. The molecule has 0 radical (unpaired) electrons. The molecule has 3 atom stereocenters. The number of morpholine rings is 1. The number of amides is 4. The summed E-state index contributed by atoms with van der Waals surface area (Å²) in [6, 6.07) is 7.02. The molecule has 9 heterocycles. The van der Waals surface area contributed by atoms with Crippen LogP contribution in [0.4, 0.5) is 20.3 Å². The summed E-state index contributed by atoms with van der Waals surface area (Å²) < 4.78 is 40.6. The molecule has 2 N–H and O–H groups in total. The molecule has 348 valence electrons. The summed E-state index contributed by atoms with van der Waals surface area (Å²) in [6.07, 6.45) is 9.55. The SMILES string of the molecule is Cn1c(=O)n(C2CCC(=O)NC2=O)c2cccc(CCCN3CCC4(CC3)CN(C(=O)C3CCC(n5cc(NC(=O)c6cnn7ccc(N8C[C@H]9C[C@@H]8CO9)nc67)c(C(F)F)n5)CC3)C4)c21. The zero-order chi connectivity index (χ0) is 45.4. The first-order valence-corrected chi connectivity index (χ1v) is 23.4. The molecule has 5 aromatic rings. The molecule has 2 bridgehead atoms. The lowest BCUT2D eigenvalue weighted by Crippen LogP contribution is -2.63. The number of carbonyl (C=O) groups is 4. The topological polar surface area (TPSA) is 186 Å². The van der Waals surface area contributed by atoms with E-state index in [9.17, 15) is 32.8 Å². The number of ether oxygens (including phenoxy) is 1. The van der Waals surface area contributed by atoms with E-state index in [1.807, 2.05) is 29.2 Å². The van der Waals surface area contributed by atoms with Crippen molar-refractivity contribution in [2.45, 2.75) is 101 Å². The van der Waals surface area contributed by atoms with Crippen LogP contribution in [0.1, 0.15) is 104 Å². The van der Waals surface area contributed by atoms with Crippen molar-refractivity contribution < 1.29 is 32.7 Å². The van der Waals surface area contributed by atoms with Crippen LogP contribution in [0.2, 0.25) is 0 Å². The minimum atomic E-state index is -2.90. The first kappa shape index (κ1) is 42.6. The van der Waals surface area contributed by atoms with E-state index in [0.29, 0.717) is 55.7 Å². The van der Waals surface area contributed by atoms with Crippen molar-refractivity contribution in [3.63, 3.8) is 0 Å². The first-order chi connectivity index (χ1) is 31.9. The zero-order valence-electron chi connectivity index (χ0n) is 36.9. The molecule has 1 aliphatic carbocycles. The minimum Gasteiger partial charge on any atom is -0.374 e. The Morgan fingerprint density at radius 2 is 1.83 bits per heavy atom. The summed E-state index contributed by atoms with van der Waals surface area (Å²) in [7, 11) is 1.73. The van der Waals surface area contributed by atoms with E-state index in [1.54, 1.807) is 17.8 Å². The van der Waals surface area contributed by atoms with E-state index in [-0.39, 0.29) is 64.7 Å². The number of hydrogen-bond acceptors (Lipinski definition) is 11. The number of nitrogens with one attached hydrogen (secondary N) is 2. The number of alkyl halides is 2. The van der Waals surface area contributed by atoms with Gasteiger partial charge in [-0.15, -0.1) is 0 Å². The molecule has 66 heavy (non-hydrogen) atoms. The number of rotatable bonds is 11. The number of carbonyl (C=O) groups excluding carboxylic acids is 4.